The molecule has 9 heteroatoms. The quantitative estimate of drug-likeness (QED) is 0.0195. The van der Waals surface area contributed by atoms with Gasteiger partial charge in [0, 0.05) is 12.8 Å². The summed E-state index contributed by atoms with van der Waals surface area (Å²) in [7, 11) is 5.95. The molecular weight excluding hydrogens is 1130 g/mol. The monoisotopic (exact) mass is 1280 g/mol. The number of carboxylic acid groups (broad SMARTS) is 1. The van der Waals surface area contributed by atoms with Crippen LogP contribution in [0.15, 0.2) is 72.9 Å². The van der Waals surface area contributed by atoms with Crippen molar-refractivity contribution < 1.29 is 42.9 Å². The lowest BCUT2D eigenvalue weighted by Crippen LogP contribution is -2.44. The normalized spacial score (nSPS) is 13.0. The number of unbranched alkanes of at least 4 members (excludes halogenated alkanes) is 46. The maximum atomic E-state index is 13.0. The smallest absolute Gasteiger partial charge is 0.306 e. The summed E-state index contributed by atoms with van der Waals surface area (Å²) in [4.78, 5) is 37.6. The fourth-order valence-corrected chi connectivity index (χ4v) is 11.5. The lowest BCUT2D eigenvalue weighted by molar-refractivity contribution is -0.870. The number of aliphatic carboxylic acids is 1. The van der Waals surface area contributed by atoms with E-state index >= 15 is 0 Å². The molecule has 0 amide bonds. The minimum Gasteiger partial charge on any atom is -0.545 e. The van der Waals surface area contributed by atoms with Crippen molar-refractivity contribution in [2.24, 2.45) is 0 Å². The van der Waals surface area contributed by atoms with Crippen molar-refractivity contribution in [2.45, 2.75) is 386 Å². The zero-order valence-electron chi connectivity index (χ0n) is 60.7. The third kappa shape index (κ3) is 74.0. The number of ether oxygens (including phenoxy) is 4. The first-order chi connectivity index (χ1) is 44.6. The van der Waals surface area contributed by atoms with Gasteiger partial charge in [0.05, 0.1) is 40.3 Å². The van der Waals surface area contributed by atoms with Crippen LogP contribution in [0.2, 0.25) is 0 Å². The molecule has 0 aliphatic heterocycles. The second kappa shape index (κ2) is 72.6. The number of rotatable bonds is 73. The number of hydrogen-bond donors (Lipinski definition) is 0. The van der Waals surface area contributed by atoms with Crippen LogP contribution < -0.4 is 5.11 Å². The Labute approximate surface area is 564 Å². The number of esters is 2. The van der Waals surface area contributed by atoms with Gasteiger partial charge in [0.15, 0.2) is 12.4 Å². The van der Waals surface area contributed by atoms with E-state index in [0.29, 0.717) is 23.9 Å². The third-order valence-corrected chi connectivity index (χ3v) is 17.4. The molecule has 91 heavy (non-hydrogen) atoms. The second-order valence-electron chi connectivity index (χ2n) is 27.6. The van der Waals surface area contributed by atoms with Gasteiger partial charge >= 0.3 is 11.9 Å². The van der Waals surface area contributed by atoms with Gasteiger partial charge in [-0.2, -0.15) is 0 Å². The van der Waals surface area contributed by atoms with Gasteiger partial charge in [0.25, 0.3) is 0 Å². The Morgan fingerprint density at radius 2 is 0.626 bits per heavy atom. The largest absolute Gasteiger partial charge is 0.545 e. The van der Waals surface area contributed by atoms with Gasteiger partial charge in [-0.3, -0.25) is 9.59 Å². The third-order valence-electron chi connectivity index (χ3n) is 17.4. The summed E-state index contributed by atoms with van der Waals surface area (Å²) in [5, 5.41) is 11.9. The van der Waals surface area contributed by atoms with Crippen molar-refractivity contribution in [1.82, 2.24) is 0 Å². The molecule has 0 N–H and O–H groups in total. The topological polar surface area (TPSA) is 111 Å². The number of nitrogens with zero attached hydrogens (tertiary/aromatic N) is 1. The number of carbonyl (C=O) groups is 3. The van der Waals surface area contributed by atoms with Crippen LogP contribution in [0.1, 0.15) is 373 Å². The average Bonchev–Trinajstić information content (AvgIpc) is 3.65. The highest BCUT2D eigenvalue weighted by Crippen LogP contribution is 2.19. The predicted octanol–water partition coefficient (Wildman–Crippen LogP) is 23.5. The molecule has 2 unspecified atom stereocenters. The van der Waals surface area contributed by atoms with Crippen molar-refractivity contribution in [1.29, 1.82) is 0 Å². The molecule has 2 atom stereocenters. The molecule has 0 aromatic rings. The van der Waals surface area contributed by atoms with Crippen LogP contribution in [0.5, 0.6) is 0 Å². The molecule has 0 rings (SSSR count). The fourth-order valence-electron chi connectivity index (χ4n) is 11.5. The SMILES string of the molecule is CC/C=C\C/C=C\C/C=C\C/C=C\CCCCCCCCCCCCCCCCCCCCC(=O)OC(COC(=O)CCCCCCCCCCCCCCCCCCCCCCCCC/C=C\C/C=C\CCCCCCC)COC(OCC[N+](C)(C)C)C(=O)[O-]. The summed E-state index contributed by atoms with van der Waals surface area (Å²) in [6.07, 6.45) is 94.5. The number of allylic oxidation sites excluding steroid dienone is 12. The van der Waals surface area contributed by atoms with Crippen molar-refractivity contribution in [3.05, 3.63) is 72.9 Å². The number of hydrogen-bond acceptors (Lipinski definition) is 8. The van der Waals surface area contributed by atoms with Crippen molar-refractivity contribution >= 4 is 17.9 Å². The van der Waals surface area contributed by atoms with Gasteiger partial charge in [-0.05, 0) is 83.5 Å². The van der Waals surface area contributed by atoms with E-state index in [2.05, 4.69) is 86.8 Å². The first kappa shape index (κ1) is 87.7. The summed E-state index contributed by atoms with van der Waals surface area (Å²) in [5.74, 6) is -2.26. The van der Waals surface area contributed by atoms with Crippen LogP contribution in [0.25, 0.3) is 0 Å². The minimum atomic E-state index is -1.62. The molecule has 0 aromatic heterocycles. The molecule has 0 aliphatic rings. The van der Waals surface area contributed by atoms with E-state index in [9.17, 15) is 19.5 Å². The zero-order valence-corrected chi connectivity index (χ0v) is 60.7. The molecule has 0 aromatic carbocycles. The highest BCUT2D eigenvalue weighted by molar-refractivity contribution is 5.70. The average molecular weight is 1280 g/mol. The Balaban J connectivity index is 3.99. The molecule has 0 saturated heterocycles. The molecule has 0 bridgehead atoms. The highest BCUT2D eigenvalue weighted by Gasteiger charge is 2.22. The van der Waals surface area contributed by atoms with E-state index in [1.54, 1.807) is 0 Å². The van der Waals surface area contributed by atoms with E-state index in [-0.39, 0.29) is 32.2 Å². The number of quaternary nitrogens is 1. The molecule has 9 nitrogen and oxygen atoms in total. The standard InChI is InChI=1S/C82H149NO8/c1-6-8-10-12-14-16-18-20-22-24-26-28-30-32-34-36-38-39-40-41-43-44-46-48-50-52-54-56-58-60-62-64-66-68-70-72-79(84)89-76-78(77-90-82(81(86)87)88-75-74-83(3,4)5)91-80(85)73-71-69-67-65-63-61-59-57-55-53-51-49-47-45-42-37-35-33-31-29-27-25-23-21-19-17-15-13-11-9-7-2/h9,11,15,17-18,20-21,23-24,26-27,29,78,82H,6-8,10,12-14,16,19,22,25,28,30-77H2,1-5H3/b11-9-,17-15-,20-18-,23-21-,26-24-,29-27-. The summed E-state index contributed by atoms with van der Waals surface area (Å²) < 4.78 is 22.9. The second-order valence-corrected chi connectivity index (χ2v) is 27.6. The molecule has 0 aliphatic carbocycles. The van der Waals surface area contributed by atoms with E-state index in [0.717, 1.165) is 64.2 Å². The maximum Gasteiger partial charge on any atom is 0.306 e. The van der Waals surface area contributed by atoms with Crippen LogP contribution in [-0.4, -0.2) is 82.3 Å². The molecule has 0 fully saturated rings. The van der Waals surface area contributed by atoms with Crippen molar-refractivity contribution in [2.75, 3.05) is 47.5 Å². The summed E-state index contributed by atoms with van der Waals surface area (Å²) in [6, 6.07) is 0. The Bertz CT molecular complexity index is 1730. The number of carboxylic acids is 1. The van der Waals surface area contributed by atoms with Gasteiger partial charge in [-0.1, -0.05) is 350 Å². The van der Waals surface area contributed by atoms with E-state index in [4.69, 9.17) is 18.9 Å². The number of carbonyl (C=O) groups excluding carboxylic acids is 3. The Morgan fingerprint density at radius 1 is 0.341 bits per heavy atom. The predicted molar refractivity (Wildman–Crippen MR) is 389 cm³/mol. The first-order valence-electron chi connectivity index (χ1n) is 39.1. The minimum absolute atomic E-state index is 0.149. The Kier molecular flexibility index (Phi) is 69.9. The molecule has 0 spiro atoms. The Hall–Kier alpha value is -3.27. The van der Waals surface area contributed by atoms with Gasteiger partial charge in [0.2, 0.25) is 0 Å². The first-order valence-corrected chi connectivity index (χ1v) is 39.1. The van der Waals surface area contributed by atoms with Crippen LogP contribution in [0.4, 0.5) is 0 Å². The van der Waals surface area contributed by atoms with Gasteiger partial charge < -0.3 is 33.3 Å². The molecule has 530 valence electrons. The summed E-state index contributed by atoms with van der Waals surface area (Å²) >= 11 is 0. The maximum absolute atomic E-state index is 13.0. The molecular formula is C82H149NO8. The highest BCUT2D eigenvalue weighted by atomic mass is 16.7. The van der Waals surface area contributed by atoms with Gasteiger partial charge in [0.1, 0.15) is 13.2 Å². The van der Waals surface area contributed by atoms with Crippen LogP contribution in [-0.2, 0) is 33.3 Å². The number of likely N-dealkylation sites (N-methyl/N-ethyl adjacent to an activating group) is 1. The van der Waals surface area contributed by atoms with E-state index in [1.165, 1.54) is 276 Å². The molecule has 0 heterocycles. The molecule has 0 radical (unpaired) electrons. The summed E-state index contributed by atoms with van der Waals surface area (Å²) in [6.45, 7) is 4.69. The van der Waals surface area contributed by atoms with Crippen LogP contribution in [0.3, 0.4) is 0 Å². The summed E-state index contributed by atoms with van der Waals surface area (Å²) in [5.41, 5.74) is 0. The lowest BCUT2D eigenvalue weighted by Gasteiger charge is -2.26. The lowest BCUT2D eigenvalue weighted by atomic mass is 10.0. The van der Waals surface area contributed by atoms with Gasteiger partial charge in [-0.15, -0.1) is 0 Å². The van der Waals surface area contributed by atoms with Crippen LogP contribution in [0, 0.1) is 0 Å². The van der Waals surface area contributed by atoms with Gasteiger partial charge in [-0.25, -0.2) is 0 Å². The van der Waals surface area contributed by atoms with Crippen molar-refractivity contribution in [3.8, 4) is 0 Å². The Morgan fingerprint density at radius 3 is 0.934 bits per heavy atom. The zero-order chi connectivity index (χ0) is 66.1. The van der Waals surface area contributed by atoms with Crippen molar-refractivity contribution in [3.63, 3.8) is 0 Å². The van der Waals surface area contributed by atoms with E-state index in [1.807, 2.05) is 21.1 Å². The van der Waals surface area contributed by atoms with Crippen LogP contribution >= 0.6 is 0 Å². The molecule has 0 saturated carbocycles. The fraction of sp³-hybridized carbons (Fsp3) is 0.817. The van der Waals surface area contributed by atoms with E-state index < -0.39 is 24.3 Å².